The van der Waals surface area contributed by atoms with Gasteiger partial charge >= 0.3 is 0 Å². The molecular weight excluding hydrogens is 423 g/mol. The Morgan fingerprint density at radius 1 is 1.15 bits per heavy atom. The van der Waals surface area contributed by atoms with Crippen molar-refractivity contribution in [3.63, 3.8) is 0 Å². The third-order valence-electron chi connectivity index (χ3n) is 5.35. The predicted octanol–water partition coefficient (Wildman–Crippen LogP) is 2.01. The fraction of sp³-hybridized carbons (Fsp3) is 0.160. The molecule has 1 aliphatic rings. The molecule has 4 rings (SSSR count). The number of hydrogen-bond donors (Lipinski definition) is 2. The second-order valence-corrected chi connectivity index (χ2v) is 7.92. The standard InChI is InChI=1S/C25H23FN4O3/c1-14-5-6-15(2)20(11-14)27-21(31)13-30-17(4)12-16(3)22(25(30)32)24-28-23(29-33-24)18-7-9-19(26)10-8-18/h5-12H,3,13H2,1-2,4H3,(H,27,31)(H,28,29). The normalized spacial score (nSPS) is 14.4. The highest BCUT2D eigenvalue weighted by molar-refractivity contribution is 6.01. The van der Waals surface area contributed by atoms with Gasteiger partial charge in [-0.2, -0.15) is 4.99 Å². The van der Waals surface area contributed by atoms with Crippen molar-refractivity contribution >= 4 is 29.9 Å². The topological polar surface area (TPSA) is 84.7 Å². The number of amides is 1. The van der Waals surface area contributed by atoms with Gasteiger partial charge in [0.15, 0.2) is 5.84 Å². The summed E-state index contributed by atoms with van der Waals surface area (Å²) < 4.78 is 14.6. The highest BCUT2D eigenvalue weighted by Crippen LogP contribution is 2.16. The number of nitrogens with zero attached hydrogens (tertiary/aromatic N) is 2. The average Bonchev–Trinajstić information content (AvgIpc) is 3.24. The molecule has 2 aromatic carbocycles. The molecule has 3 aromatic rings. The minimum Gasteiger partial charge on any atom is -0.359 e. The van der Waals surface area contributed by atoms with Crippen LogP contribution < -0.4 is 26.8 Å². The average molecular weight is 446 g/mol. The van der Waals surface area contributed by atoms with E-state index in [4.69, 9.17) is 4.84 Å². The van der Waals surface area contributed by atoms with E-state index in [1.54, 1.807) is 25.1 Å². The summed E-state index contributed by atoms with van der Waals surface area (Å²) in [7, 11) is 0. The first-order chi connectivity index (χ1) is 15.7. The Bertz CT molecular complexity index is 1460. The fourth-order valence-electron chi connectivity index (χ4n) is 3.55. The first kappa shape index (κ1) is 22.0. The van der Waals surface area contributed by atoms with Gasteiger partial charge in [0.25, 0.3) is 11.4 Å². The summed E-state index contributed by atoms with van der Waals surface area (Å²) in [6.07, 6.45) is 0. The van der Waals surface area contributed by atoms with Gasteiger partial charge in [-0.15, -0.1) is 0 Å². The van der Waals surface area contributed by atoms with Gasteiger partial charge in [-0.05, 0) is 73.5 Å². The quantitative estimate of drug-likeness (QED) is 0.642. The number of halogens is 1. The van der Waals surface area contributed by atoms with Crippen LogP contribution in [0.1, 0.15) is 22.4 Å². The molecule has 0 unspecified atom stereocenters. The van der Waals surface area contributed by atoms with Crippen molar-refractivity contribution in [2.75, 3.05) is 5.32 Å². The predicted molar refractivity (Wildman–Crippen MR) is 125 cm³/mol. The minimum atomic E-state index is -0.447. The summed E-state index contributed by atoms with van der Waals surface area (Å²) in [6, 6.07) is 13.2. The molecule has 0 aliphatic carbocycles. The summed E-state index contributed by atoms with van der Waals surface area (Å²) >= 11 is 0. The van der Waals surface area contributed by atoms with Crippen LogP contribution >= 0.6 is 0 Å². The van der Waals surface area contributed by atoms with Crippen LogP contribution in [0.5, 0.6) is 0 Å². The number of nitrogens with one attached hydrogen (secondary N) is 2. The highest BCUT2D eigenvalue weighted by Gasteiger charge is 2.18. The number of amidine groups is 1. The number of anilines is 1. The number of aryl methyl sites for hydroxylation is 3. The summed E-state index contributed by atoms with van der Waals surface area (Å²) in [4.78, 5) is 35.8. The molecule has 0 radical (unpaired) electrons. The van der Waals surface area contributed by atoms with Gasteiger partial charge in [-0.1, -0.05) is 18.7 Å². The molecule has 1 amide bonds. The van der Waals surface area contributed by atoms with Crippen LogP contribution in [-0.2, 0) is 16.2 Å². The van der Waals surface area contributed by atoms with Crippen molar-refractivity contribution < 1.29 is 14.0 Å². The molecule has 1 aromatic heterocycles. The smallest absolute Gasteiger partial charge is 0.264 e. The number of carbonyl (C=O) groups excluding carboxylic acids is 1. The molecule has 0 atom stereocenters. The number of benzene rings is 2. The second kappa shape index (κ2) is 8.74. The summed E-state index contributed by atoms with van der Waals surface area (Å²) in [5, 5.41) is 3.43. The Kier molecular flexibility index (Phi) is 5.83. The van der Waals surface area contributed by atoms with Crippen molar-refractivity contribution in [3.8, 4) is 0 Å². The first-order valence-electron chi connectivity index (χ1n) is 10.3. The van der Waals surface area contributed by atoms with E-state index < -0.39 is 5.56 Å². The number of carbonyl (C=O) groups is 1. The van der Waals surface area contributed by atoms with Crippen molar-refractivity contribution in [2.45, 2.75) is 27.3 Å². The molecular formula is C25H23FN4O3. The number of pyridine rings is 1. The van der Waals surface area contributed by atoms with E-state index in [-0.39, 0.29) is 29.4 Å². The number of aliphatic imine (C=N–C) groups is 1. The van der Waals surface area contributed by atoms with Crippen LogP contribution in [0.3, 0.4) is 0 Å². The van der Waals surface area contributed by atoms with Gasteiger partial charge in [-0.25, -0.2) is 9.87 Å². The molecule has 33 heavy (non-hydrogen) atoms. The van der Waals surface area contributed by atoms with Gasteiger partial charge in [-0.3, -0.25) is 9.59 Å². The molecule has 8 heteroatoms. The van der Waals surface area contributed by atoms with Gasteiger partial charge in [0.05, 0.1) is 0 Å². The summed E-state index contributed by atoms with van der Waals surface area (Å²) in [5.74, 6) is -0.331. The Morgan fingerprint density at radius 3 is 2.61 bits per heavy atom. The lowest BCUT2D eigenvalue weighted by atomic mass is 10.1. The van der Waals surface area contributed by atoms with E-state index in [1.807, 2.05) is 32.0 Å². The largest absolute Gasteiger partial charge is 0.359 e. The van der Waals surface area contributed by atoms with E-state index in [1.165, 1.54) is 16.7 Å². The lowest BCUT2D eigenvalue weighted by Gasteiger charge is -2.13. The van der Waals surface area contributed by atoms with E-state index >= 15 is 0 Å². The van der Waals surface area contributed by atoms with E-state index in [2.05, 4.69) is 22.4 Å². The molecule has 7 nitrogen and oxygen atoms in total. The monoisotopic (exact) mass is 446 g/mol. The molecule has 0 spiro atoms. The number of hydroxylamine groups is 1. The third-order valence-corrected chi connectivity index (χ3v) is 5.35. The van der Waals surface area contributed by atoms with Crippen LogP contribution in [0.4, 0.5) is 10.1 Å². The Hall–Kier alpha value is -4.20. The van der Waals surface area contributed by atoms with Gasteiger partial charge in [0.2, 0.25) is 5.91 Å². The lowest BCUT2D eigenvalue weighted by molar-refractivity contribution is -0.116. The molecule has 0 fully saturated rings. The minimum absolute atomic E-state index is 0.0352. The summed E-state index contributed by atoms with van der Waals surface area (Å²) in [5.41, 5.74) is 6.02. The van der Waals surface area contributed by atoms with Crippen molar-refractivity contribution in [3.05, 3.63) is 97.5 Å². The number of hydrogen-bond acceptors (Lipinski definition) is 5. The van der Waals surface area contributed by atoms with Crippen molar-refractivity contribution in [2.24, 2.45) is 4.99 Å². The number of aromatic nitrogens is 1. The van der Waals surface area contributed by atoms with Gasteiger partial charge < -0.3 is 14.7 Å². The maximum atomic E-state index is 13.3. The molecule has 2 N–H and O–H groups in total. The van der Waals surface area contributed by atoms with Crippen LogP contribution in [-0.4, -0.2) is 16.3 Å². The Labute approximate surface area is 189 Å². The van der Waals surface area contributed by atoms with Crippen LogP contribution in [0.25, 0.3) is 12.5 Å². The zero-order valence-corrected chi connectivity index (χ0v) is 18.5. The van der Waals surface area contributed by atoms with Crippen LogP contribution in [0.15, 0.2) is 58.3 Å². The van der Waals surface area contributed by atoms with E-state index in [0.29, 0.717) is 28.0 Å². The number of rotatable bonds is 4. The van der Waals surface area contributed by atoms with Crippen molar-refractivity contribution in [1.29, 1.82) is 0 Å². The molecule has 0 saturated heterocycles. The van der Waals surface area contributed by atoms with Crippen LogP contribution in [0.2, 0.25) is 0 Å². The maximum absolute atomic E-state index is 13.3. The first-order valence-corrected chi connectivity index (χ1v) is 10.3. The molecule has 2 heterocycles. The second-order valence-electron chi connectivity index (χ2n) is 7.92. The Balaban J connectivity index is 1.70. The lowest BCUT2D eigenvalue weighted by Crippen LogP contribution is -2.47. The third kappa shape index (κ3) is 4.55. The molecule has 168 valence electrons. The zero-order valence-electron chi connectivity index (χ0n) is 18.5. The highest BCUT2D eigenvalue weighted by atomic mass is 19.1. The van der Waals surface area contributed by atoms with Crippen LogP contribution in [0, 0.1) is 26.6 Å². The van der Waals surface area contributed by atoms with Crippen molar-refractivity contribution in [1.82, 2.24) is 10.0 Å². The zero-order chi connectivity index (χ0) is 23.7. The SMILES string of the molecule is C=c1cc(C)n(CC(=O)Nc2cc(C)ccc2C)c(=O)c1=C1N=C(c2ccc(F)cc2)NO1. The maximum Gasteiger partial charge on any atom is 0.264 e. The van der Waals surface area contributed by atoms with Gasteiger partial charge in [0, 0.05) is 16.9 Å². The Morgan fingerprint density at radius 2 is 1.88 bits per heavy atom. The van der Waals surface area contributed by atoms with E-state index in [9.17, 15) is 14.0 Å². The summed E-state index contributed by atoms with van der Waals surface area (Å²) in [6.45, 7) is 9.34. The molecule has 1 aliphatic heterocycles. The fourth-order valence-corrected chi connectivity index (χ4v) is 3.55. The van der Waals surface area contributed by atoms with E-state index in [0.717, 1.165) is 11.1 Å². The van der Waals surface area contributed by atoms with Gasteiger partial charge in [0.1, 0.15) is 17.6 Å². The molecule has 0 saturated carbocycles. The molecule has 0 bridgehead atoms.